The van der Waals surface area contributed by atoms with Gasteiger partial charge in [0.15, 0.2) is 0 Å². The molecule has 0 unspecified atom stereocenters. The average Bonchev–Trinajstić information content (AvgIpc) is 2.79. The highest BCUT2D eigenvalue weighted by atomic mass is 79.9. The molecule has 5 heteroatoms. The van der Waals surface area contributed by atoms with Crippen molar-refractivity contribution in [3.63, 3.8) is 0 Å². The van der Waals surface area contributed by atoms with Crippen LogP contribution in [0.15, 0.2) is 64.3 Å². The van der Waals surface area contributed by atoms with E-state index in [2.05, 4.69) is 31.9 Å². The van der Waals surface area contributed by atoms with Gasteiger partial charge in [-0.3, -0.25) is 4.79 Å². The van der Waals surface area contributed by atoms with Crippen molar-refractivity contribution in [2.45, 2.75) is 6.04 Å². The van der Waals surface area contributed by atoms with Crippen molar-refractivity contribution in [2.75, 3.05) is 17.2 Å². The predicted molar refractivity (Wildman–Crippen MR) is 90.6 cm³/mol. The fourth-order valence-corrected chi connectivity index (χ4v) is 3.19. The zero-order valence-corrected chi connectivity index (χ0v) is 13.3. The normalized spacial score (nSPS) is 19.5. The third-order valence-corrected chi connectivity index (χ3v) is 4.53. The van der Waals surface area contributed by atoms with E-state index >= 15 is 0 Å². The van der Waals surface area contributed by atoms with Crippen molar-refractivity contribution in [2.24, 2.45) is 0 Å². The van der Waals surface area contributed by atoms with Crippen molar-refractivity contribution in [3.8, 4) is 0 Å². The monoisotopic (exact) mass is 355 g/mol. The first-order valence-corrected chi connectivity index (χ1v) is 7.91. The minimum Gasteiger partial charge on any atom is -0.372 e. The molecule has 4 nitrogen and oxygen atoms in total. The van der Waals surface area contributed by atoms with Gasteiger partial charge >= 0.3 is 0 Å². The molecule has 0 radical (unpaired) electrons. The number of nitrogens with one attached hydrogen (secondary N) is 3. The number of para-hydroxylation sites is 2. The van der Waals surface area contributed by atoms with Gasteiger partial charge in [-0.2, -0.15) is 0 Å². The summed E-state index contributed by atoms with van der Waals surface area (Å²) in [4.78, 5) is 12.3. The molecule has 2 aliphatic rings. The summed E-state index contributed by atoms with van der Waals surface area (Å²) in [6.45, 7) is 0.539. The highest BCUT2D eigenvalue weighted by Crippen LogP contribution is 2.37. The van der Waals surface area contributed by atoms with E-state index in [9.17, 15) is 4.79 Å². The van der Waals surface area contributed by atoms with Gasteiger partial charge in [0.2, 0.25) is 0 Å². The van der Waals surface area contributed by atoms with Crippen molar-refractivity contribution < 1.29 is 4.79 Å². The number of hydrogen-bond donors (Lipinski definition) is 3. The maximum absolute atomic E-state index is 12.3. The minimum atomic E-state index is -0.165. The number of amides is 1. The summed E-state index contributed by atoms with van der Waals surface area (Å²) in [5.74, 6) is -0.0178. The van der Waals surface area contributed by atoms with Crippen molar-refractivity contribution in [3.05, 3.63) is 69.8 Å². The molecular weight excluding hydrogens is 342 g/mol. The molecule has 0 saturated heterocycles. The summed E-state index contributed by atoms with van der Waals surface area (Å²) in [5, 5.41) is 9.79. The Morgan fingerprint density at radius 1 is 1.00 bits per heavy atom. The SMILES string of the molecule is O=C1NCC2=C1[C@@H](c1ccc(Br)cc1)Nc1ccccc1N2. The molecule has 0 saturated carbocycles. The van der Waals surface area contributed by atoms with Crippen LogP contribution < -0.4 is 16.0 Å². The minimum absolute atomic E-state index is 0.0178. The van der Waals surface area contributed by atoms with E-state index in [-0.39, 0.29) is 11.9 Å². The number of anilines is 2. The Labute approximate surface area is 136 Å². The molecule has 2 aromatic carbocycles. The van der Waals surface area contributed by atoms with E-state index in [1.165, 1.54) is 0 Å². The zero-order valence-electron chi connectivity index (χ0n) is 11.7. The zero-order chi connectivity index (χ0) is 15.1. The van der Waals surface area contributed by atoms with Crippen LogP contribution in [0.2, 0.25) is 0 Å². The number of halogens is 1. The van der Waals surface area contributed by atoms with Gasteiger partial charge in [-0.25, -0.2) is 0 Å². The summed E-state index contributed by atoms with van der Waals surface area (Å²) in [5.41, 5.74) is 4.75. The van der Waals surface area contributed by atoms with Crippen LogP contribution in [0.5, 0.6) is 0 Å². The van der Waals surface area contributed by atoms with Crippen molar-refractivity contribution >= 4 is 33.2 Å². The van der Waals surface area contributed by atoms with Crippen LogP contribution in [-0.4, -0.2) is 12.5 Å². The van der Waals surface area contributed by atoms with E-state index in [0.717, 1.165) is 32.7 Å². The highest BCUT2D eigenvalue weighted by molar-refractivity contribution is 9.10. The van der Waals surface area contributed by atoms with Crippen LogP contribution in [0.1, 0.15) is 11.6 Å². The lowest BCUT2D eigenvalue weighted by molar-refractivity contribution is -0.116. The fraction of sp³-hybridized carbons (Fsp3) is 0.118. The summed E-state index contributed by atoms with van der Waals surface area (Å²) in [6.07, 6.45) is 0. The molecular formula is C17H14BrN3O. The molecule has 0 aliphatic carbocycles. The van der Waals surface area contributed by atoms with Crippen molar-refractivity contribution in [1.29, 1.82) is 0 Å². The van der Waals surface area contributed by atoms with Crippen LogP contribution in [0.25, 0.3) is 0 Å². The fourth-order valence-electron chi connectivity index (χ4n) is 2.93. The quantitative estimate of drug-likeness (QED) is 0.734. The number of benzene rings is 2. The molecule has 2 heterocycles. The molecule has 2 aromatic rings. The molecule has 0 fully saturated rings. The standard InChI is InChI=1S/C17H14BrN3O/c18-11-7-5-10(6-8-11)16-15-14(9-19-17(15)22)20-12-3-1-2-4-13(12)21-16/h1-8,16,20-21H,9H2,(H,19,22)/t16-/m1/s1. The second-order valence-corrected chi connectivity index (χ2v) is 6.29. The van der Waals surface area contributed by atoms with Gasteiger partial charge in [-0.05, 0) is 29.8 Å². The first-order valence-electron chi connectivity index (χ1n) is 7.11. The van der Waals surface area contributed by atoms with E-state index in [1.54, 1.807) is 0 Å². The Kier molecular flexibility index (Phi) is 3.15. The van der Waals surface area contributed by atoms with Gasteiger partial charge in [0.05, 0.1) is 29.5 Å². The largest absolute Gasteiger partial charge is 0.372 e. The molecule has 0 aromatic heterocycles. The summed E-state index contributed by atoms with van der Waals surface area (Å²) < 4.78 is 1.02. The van der Waals surface area contributed by atoms with Crippen LogP contribution >= 0.6 is 15.9 Å². The van der Waals surface area contributed by atoms with Crippen LogP contribution in [0.3, 0.4) is 0 Å². The Morgan fingerprint density at radius 3 is 2.50 bits per heavy atom. The smallest absolute Gasteiger partial charge is 0.251 e. The molecule has 3 N–H and O–H groups in total. The van der Waals surface area contributed by atoms with Crippen LogP contribution in [-0.2, 0) is 4.79 Å². The second kappa shape index (κ2) is 5.18. The van der Waals surface area contributed by atoms with Gasteiger partial charge in [-0.15, -0.1) is 0 Å². The molecule has 1 atom stereocenters. The summed E-state index contributed by atoms with van der Waals surface area (Å²) >= 11 is 3.45. The van der Waals surface area contributed by atoms with Crippen molar-refractivity contribution in [1.82, 2.24) is 5.32 Å². The Morgan fingerprint density at radius 2 is 1.73 bits per heavy atom. The van der Waals surface area contributed by atoms with E-state index in [4.69, 9.17) is 0 Å². The summed E-state index contributed by atoms with van der Waals surface area (Å²) in [6, 6.07) is 15.9. The number of hydrogen-bond acceptors (Lipinski definition) is 3. The maximum atomic E-state index is 12.3. The van der Waals surface area contributed by atoms with E-state index in [0.29, 0.717) is 6.54 Å². The van der Waals surface area contributed by atoms with E-state index < -0.39 is 0 Å². The molecule has 22 heavy (non-hydrogen) atoms. The lowest BCUT2D eigenvalue weighted by Crippen LogP contribution is -2.23. The third-order valence-electron chi connectivity index (χ3n) is 4.00. The topological polar surface area (TPSA) is 53.2 Å². The molecule has 1 amide bonds. The van der Waals surface area contributed by atoms with Gasteiger partial charge in [-0.1, -0.05) is 40.2 Å². The first-order chi connectivity index (χ1) is 10.7. The average molecular weight is 356 g/mol. The maximum Gasteiger partial charge on any atom is 0.251 e. The first kappa shape index (κ1) is 13.4. The second-order valence-electron chi connectivity index (χ2n) is 5.37. The lowest BCUT2D eigenvalue weighted by Gasteiger charge is -2.20. The molecule has 2 aliphatic heterocycles. The van der Waals surface area contributed by atoms with Crippen LogP contribution in [0.4, 0.5) is 11.4 Å². The molecule has 4 rings (SSSR count). The molecule has 110 valence electrons. The molecule has 0 spiro atoms. The lowest BCUT2D eigenvalue weighted by atomic mass is 9.98. The Hall–Kier alpha value is -2.27. The van der Waals surface area contributed by atoms with Crippen LogP contribution in [0, 0.1) is 0 Å². The Balaban J connectivity index is 1.85. The predicted octanol–water partition coefficient (Wildman–Crippen LogP) is 3.41. The molecule has 0 bridgehead atoms. The number of carbonyl (C=O) groups is 1. The van der Waals surface area contributed by atoms with Gasteiger partial charge < -0.3 is 16.0 Å². The third kappa shape index (κ3) is 2.18. The Bertz CT molecular complexity index is 783. The number of rotatable bonds is 1. The van der Waals surface area contributed by atoms with Gasteiger partial charge in [0, 0.05) is 10.2 Å². The summed E-state index contributed by atoms with van der Waals surface area (Å²) in [7, 11) is 0. The number of carbonyl (C=O) groups excluding carboxylic acids is 1. The number of fused-ring (bicyclic) bond motifs is 1. The highest BCUT2D eigenvalue weighted by Gasteiger charge is 2.33. The van der Waals surface area contributed by atoms with E-state index in [1.807, 2.05) is 48.5 Å². The van der Waals surface area contributed by atoms with Gasteiger partial charge in [0.25, 0.3) is 5.91 Å². The van der Waals surface area contributed by atoms with Gasteiger partial charge in [0.1, 0.15) is 0 Å².